The van der Waals surface area contributed by atoms with Crippen LogP contribution in [-0.4, -0.2) is 50.0 Å². The van der Waals surface area contributed by atoms with Gasteiger partial charge in [-0.15, -0.1) is 0 Å². The lowest BCUT2D eigenvalue weighted by molar-refractivity contribution is -0.127. The van der Waals surface area contributed by atoms with Crippen molar-refractivity contribution in [2.45, 2.75) is 46.3 Å². The van der Waals surface area contributed by atoms with Crippen LogP contribution in [0.3, 0.4) is 0 Å². The Bertz CT molecular complexity index is 1270. The van der Waals surface area contributed by atoms with E-state index in [1.165, 1.54) is 16.7 Å². The number of hydrogen-bond acceptors (Lipinski definition) is 5. The largest absolute Gasteiger partial charge is 0.496 e. The summed E-state index contributed by atoms with van der Waals surface area (Å²) in [5, 5.41) is 9.97. The van der Waals surface area contributed by atoms with Gasteiger partial charge in [-0.2, -0.15) is 5.26 Å². The molecule has 38 heavy (non-hydrogen) atoms. The smallest absolute Gasteiger partial charge is 0.219 e. The Hall–Kier alpha value is -3.82. The van der Waals surface area contributed by atoms with Crippen LogP contribution in [0.15, 0.2) is 55.1 Å². The summed E-state index contributed by atoms with van der Waals surface area (Å²) in [6.07, 6.45) is 10.5. The van der Waals surface area contributed by atoms with Crippen LogP contribution in [0.1, 0.15) is 53.6 Å². The monoisotopic (exact) mass is 513 g/mol. The van der Waals surface area contributed by atoms with Gasteiger partial charge < -0.3 is 19.3 Å². The first-order chi connectivity index (χ1) is 18.3. The summed E-state index contributed by atoms with van der Waals surface area (Å²) in [6.45, 7) is 9.78. The number of amides is 1. The van der Waals surface area contributed by atoms with Crippen molar-refractivity contribution in [2.24, 2.45) is 0 Å². The third kappa shape index (κ3) is 6.93. The van der Waals surface area contributed by atoms with Crippen LogP contribution in [-0.2, 0) is 30.8 Å². The number of hydrogen-bond donors (Lipinski definition) is 0. The van der Waals surface area contributed by atoms with E-state index in [1.54, 1.807) is 25.0 Å². The highest BCUT2D eigenvalue weighted by molar-refractivity contribution is 5.73. The van der Waals surface area contributed by atoms with Crippen molar-refractivity contribution in [1.82, 2.24) is 9.80 Å². The molecule has 2 aromatic rings. The van der Waals surface area contributed by atoms with Crippen LogP contribution in [0.4, 0.5) is 0 Å². The molecule has 0 fully saturated rings. The Morgan fingerprint density at radius 2 is 1.89 bits per heavy atom. The molecule has 0 saturated carbocycles. The predicted molar refractivity (Wildman–Crippen MR) is 153 cm³/mol. The summed E-state index contributed by atoms with van der Waals surface area (Å²) >= 11 is 0. The first-order valence-corrected chi connectivity index (χ1v) is 13.0. The molecule has 1 aliphatic carbocycles. The fraction of sp³-hybridized carbons (Fsp3) is 0.375. The molecule has 0 heterocycles. The molecule has 0 aromatic heterocycles. The van der Waals surface area contributed by atoms with E-state index in [4.69, 9.17) is 9.47 Å². The zero-order valence-corrected chi connectivity index (χ0v) is 23.3. The highest BCUT2D eigenvalue weighted by Crippen LogP contribution is 2.40. The topological polar surface area (TPSA) is 65.8 Å². The fourth-order valence-corrected chi connectivity index (χ4v) is 4.81. The summed E-state index contributed by atoms with van der Waals surface area (Å²) < 4.78 is 12.2. The van der Waals surface area contributed by atoms with Gasteiger partial charge in [0, 0.05) is 50.8 Å². The van der Waals surface area contributed by atoms with Crippen molar-refractivity contribution in [2.75, 3.05) is 34.3 Å². The number of rotatable bonds is 12. The second-order valence-electron chi connectivity index (χ2n) is 9.75. The summed E-state index contributed by atoms with van der Waals surface area (Å²) in [7, 11) is 5.59. The summed E-state index contributed by atoms with van der Waals surface area (Å²) in [5.41, 5.74) is 7.11. The number of nitrogens with zero attached hydrogens (tertiary/aromatic N) is 3. The first kappa shape index (κ1) is 28.7. The van der Waals surface area contributed by atoms with Gasteiger partial charge in [0.05, 0.1) is 12.7 Å². The molecule has 6 nitrogen and oxygen atoms in total. The van der Waals surface area contributed by atoms with E-state index in [0.29, 0.717) is 18.7 Å². The van der Waals surface area contributed by atoms with Gasteiger partial charge in [0.2, 0.25) is 5.91 Å². The molecular formula is C32H39N3O3. The highest BCUT2D eigenvalue weighted by Gasteiger charge is 2.24. The van der Waals surface area contributed by atoms with Gasteiger partial charge in [-0.05, 0) is 55.5 Å². The zero-order chi connectivity index (χ0) is 27.7. The molecule has 2 aromatic carbocycles. The predicted octanol–water partition coefficient (Wildman–Crippen LogP) is 5.69. The standard InChI is InChI=1S/C32H39N3O3/c1-7-8-9-12-23(2)26-14-10-13-25(29(26)20-33)22-38-32-19-31(37-6)30(27-15-11-16-28(27)32)21-34(4)17-18-35(5)24(3)36/h7-10,12-14,19H,1,11,15-18,21-22H2,2-6H3/b9-8-,23-12+. The Labute approximate surface area is 227 Å². The van der Waals surface area contributed by atoms with Gasteiger partial charge in [0.1, 0.15) is 24.2 Å². The van der Waals surface area contributed by atoms with E-state index in [9.17, 15) is 10.1 Å². The van der Waals surface area contributed by atoms with Crippen LogP contribution in [0.25, 0.3) is 5.57 Å². The minimum Gasteiger partial charge on any atom is -0.496 e. The second-order valence-corrected chi connectivity index (χ2v) is 9.75. The van der Waals surface area contributed by atoms with E-state index in [-0.39, 0.29) is 5.91 Å². The number of carbonyl (C=O) groups excluding carboxylic acids is 1. The van der Waals surface area contributed by atoms with Gasteiger partial charge in [-0.25, -0.2) is 0 Å². The number of carbonyl (C=O) groups is 1. The molecule has 3 rings (SSSR count). The van der Waals surface area contributed by atoms with Crippen LogP contribution in [0.5, 0.6) is 11.5 Å². The molecule has 200 valence electrons. The van der Waals surface area contributed by atoms with E-state index < -0.39 is 0 Å². The lowest BCUT2D eigenvalue weighted by atomic mass is 9.96. The number of methoxy groups -OCH3 is 1. The van der Waals surface area contributed by atoms with Crippen molar-refractivity contribution in [1.29, 1.82) is 5.26 Å². The Morgan fingerprint density at radius 1 is 1.13 bits per heavy atom. The first-order valence-electron chi connectivity index (χ1n) is 13.0. The van der Waals surface area contributed by atoms with Gasteiger partial charge in [0.15, 0.2) is 0 Å². The molecular weight excluding hydrogens is 474 g/mol. The normalized spacial score (nSPS) is 12.9. The van der Waals surface area contributed by atoms with Crippen molar-refractivity contribution < 1.29 is 14.3 Å². The van der Waals surface area contributed by atoms with Crippen LogP contribution < -0.4 is 9.47 Å². The molecule has 0 atom stereocenters. The number of allylic oxidation sites excluding steroid dienone is 5. The van der Waals surface area contributed by atoms with E-state index in [0.717, 1.165) is 60.6 Å². The lowest BCUT2D eigenvalue weighted by Gasteiger charge is -2.24. The Kier molecular flexibility index (Phi) is 10.3. The highest BCUT2D eigenvalue weighted by atomic mass is 16.5. The van der Waals surface area contributed by atoms with Crippen LogP contribution >= 0.6 is 0 Å². The number of nitriles is 1. The fourth-order valence-electron chi connectivity index (χ4n) is 4.81. The van der Waals surface area contributed by atoms with Crippen molar-refractivity contribution in [3.63, 3.8) is 0 Å². The molecule has 0 radical (unpaired) electrons. The third-order valence-electron chi connectivity index (χ3n) is 7.11. The molecule has 0 bridgehead atoms. The third-order valence-corrected chi connectivity index (χ3v) is 7.11. The molecule has 1 amide bonds. The summed E-state index contributed by atoms with van der Waals surface area (Å²) in [6, 6.07) is 10.3. The molecule has 6 heteroatoms. The Balaban J connectivity index is 1.84. The number of fused-ring (bicyclic) bond motifs is 1. The molecule has 0 N–H and O–H groups in total. The number of benzene rings is 2. The van der Waals surface area contributed by atoms with E-state index in [2.05, 4.69) is 24.6 Å². The lowest BCUT2D eigenvalue weighted by Crippen LogP contribution is -2.33. The van der Waals surface area contributed by atoms with Crippen LogP contribution in [0, 0.1) is 11.3 Å². The van der Waals surface area contributed by atoms with Gasteiger partial charge in [0.25, 0.3) is 0 Å². The average molecular weight is 514 g/mol. The maximum Gasteiger partial charge on any atom is 0.219 e. The number of ether oxygens (including phenoxy) is 2. The minimum absolute atomic E-state index is 0.0687. The molecule has 1 aliphatic rings. The quantitative estimate of drug-likeness (QED) is 0.341. The SMILES string of the molecule is C=C/C=C\C=C(/C)c1cccc(COc2cc(OC)c(CN(C)CCN(C)C(C)=O)c3c2CCC3)c1C#N. The van der Waals surface area contributed by atoms with Gasteiger partial charge >= 0.3 is 0 Å². The van der Waals surface area contributed by atoms with Gasteiger partial charge in [-0.3, -0.25) is 4.79 Å². The molecule has 0 unspecified atom stereocenters. The minimum atomic E-state index is 0.0687. The van der Waals surface area contributed by atoms with Crippen molar-refractivity contribution >= 4 is 11.5 Å². The average Bonchev–Trinajstić information content (AvgIpc) is 3.41. The molecule has 0 saturated heterocycles. The maximum atomic E-state index is 11.6. The second kappa shape index (κ2) is 13.6. The maximum absolute atomic E-state index is 11.6. The zero-order valence-electron chi connectivity index (χ0n) is 23.3. The number of likely N-dealkylation sites (N-methyl/N-ethyl adjacent to an activating group) is 2. The van der Waals surface area contributed by atoms with E-state index in [1.807, 2.05) is 56.5 Å². The van der Waals surface area contributed by atoms with E-state index >= 15 is 0 Å². The van der Waals surface area contributed by atoms with Gasteiger partial charge in [-0.1, -0.05) is 49.1 Å². The summed E-state index contributed by atoms with van der Waals surface area (Å²) in [4.78, 5) is 15.5. The molecule has 0 spiro atoms. The molecule has 0 aliphatic heterocycles. The summed E-state index contributed by atoms with van der Waals surface area (Å²) in [5.74, 6) is 1.71. The van der Waals surface area contributed by atoms with Crippen LogP contribution in [0.2, 0.25) is 0 Å². The van der Waals surface area contributed by atoms with Crippen molar-refractivity contribution in [3.05, 3.63) is 88.5 Å². The van der Waals surface area contributed by atoms with Crippen molar-refractivity contribution in [3.8, 4) is 17.6 Å². The Morgan fingerprint density at radius 3 is 2.58 bits per heavy atom.